The lowest BCUT2D eigenvalue weighted by molar-refractivity contribution is -0.141. The summed E-state index contributed by atoms with van der Waals surface area (Å²) in [7, 11) is 0. The number of likely N-dealkylation sites (tertiary alicyclic amines) is 1. The number of benzene rings is 2. The van der Waals surface area contributed by atoms with Crippen LogP contribution in [-0.4, -0.2) is 41.6 Å². The average molecular weight is 367 g/mol. The van der Waals surface area contributed by atoms with Gasteiger partial charge in [0.2, 0.25) is 0 Å². The lowest BCUT2D eigenvalue weighted by atomic mass is 10.1. The molecule has 0 aliphatic carbocycles. The highest BCUT2D eigenvalue weighted by Gasteiger charge is 2.30. The SMILES string of the molecule is CCN(c1ccccc1)c1ccc(CNC(=O)N2CCC(C(=O)O)C2)cc1. The molecule has 1 aliphatic heterocycles. The van der Waals surface area contributed by atoms with Crippen molar-refractivity contribution in [3.05, 3.63) is 60.2 Å². The number of nitrogens with zero attached hydrogens (tertiary/aromatic N) is 2. The van der Waals surface area contributed by atoms with E-state index >= 15 is 0 Å². The number of anilines is 2. The fourth-order valence-corrected chi connectivity index (χ4v) is 3.35. The minimum absolute atomic E-state index is 0.206. The number of carboxylic acid groups (broad SMARTS) is 1. The Morgan fingerprint density at radius 2 is 1.78 bits per heavy atom. The van der Waals surface area contributed by atoms with Crippen molar-refractivity contribution in [1.82, 2.24) is 10.2 Å². The predicted octanol–water partition coefficient (Wildman–Crippen LogP) is 3.46. The molecule has 0 aromatic heterocycles. The lowest BCUT2D eigenvalue weighted by Crippen LogP contribution is -2.38. The smallest absolute Gasteiger partial charge is 0.317 e. The van der Waals surface area contributed by atoms with Crippen LogP contribution in [0.15, 0.2) is 54.6 Å². The van der Waals surface area contributed by atoms with E-state index in [9.17, 15) is 9.59 Å². The first kappa shape index (κ1) is 18.8. The first-order valence-corrected chi connectivity index (χ1v) is 9.25. The largest absolute Gasteiger partial charge is 0.481 e. The van der Waals surface area contributed by atoms with E-state index in [2.05, 4.69) is 29.3 Å². The Hall–Kier alpha value is -3.02. The molecule has 27 heavy (non-hydrogen) atoms. The summed E-state index contributed by atoms with van der Waals surface area (Å²) in [6.45, 7) is 4.17. The molecule has 6 nitrogen and oxygen atoms in total. The van der Waals surface area contributed by atoms with E-state index in [4.69, 9.17) is 5.11 Å². The van der Waals surface area contributed by atoms with Gasteiger partial charge in [-0.05, 0) is 43.2 Å². The third-order valence-corrected chi connectivity index (χ3v) is 4.90. The highest BCUT2D eigenvalue weighted by atomic mass is 16.4. The van der Waals surface area contributed by atoms with Crippen molar-refractivity contribution in [2.75, 3.05) is 24.5 Å². The lowest BCUT2D eigenvalue weighted by Gasteiger charge is -2.23. The number of aliphatic carboxylic acids is 1. The van der Waals surface area contributed by atoms with Crippen molar-refractivity contribution in [2.45, 2.75) is 19.9 Å². The summed E-state index contributed by atoms with van der Waals surface area (Å²) in [5.74, 6) is -1.28. The molecule has 3 rings (SSSR count). The van der Waals surface area contributed by atoms with Crippen LogP contribution in [0.25, 0.3) is 0 Å². The molecule has 1 aliphatic rings. The predicted molar refractivity (Wildman–Crippen MR) is 105 cm³/mol. The number of nitrogens with one attached hydrogen (secondary N) is 1. The first-order chi connectivity index (χ1) is 13.1. The molecule has 142 valence electrons. The molecule has 0 saturated carbocycles. The van der Waals surface area contributed by atoms with Crippen molar-refractivity contribution in [3.8, 4) is 0 Å². The van der Waals surface area contributed by atoms with Crippen LogP contribution in [0.5, 0.6) is 0 Å². The van der Waals surface area contributed by atoms with Crippen LogP contribution >= 0.6 is 0 Å². The van der Waals surface area contributed by atoms with Crippen molar-refractivity contribution >= 4 is 23.4 Å². The van der Waals surface area contributed by atoms with Gasteiger partial charge in [-0.1, -0.05) is 30.3 Å². The summed E-state index contributed by atoms with van der Waals surface area (Å²) in [5.41, 5.74) is 3.25. The number of rotatable bonds is 6. The zero-order valence-electron chi connectivity index (χ0n) is 15.5. The second-order valence-electron chi connectivity index (χ2n) is 6.67. The fraction of sp³-hybridized carbons (Fsp3) is 0.333. The van der Waals surface area contributed by atoms with Gasteiger partial charge in [-0.25, -0.2) is 4.79 Å². The first-order valence-electron chi connectivity index (χ1n) is 9.25. The van der Waals surface area contributed by atoms with Gasteiger partial charge in [0.25, 0.3) is 0 Å². The van der Waals surface area contributed by atoms with Gasteiger partial charge < -0.3 is 20.2 Å². The Bertz CT molecular complexity index is 777. The molecule has 1 heterocycles. The van der Waals surface area contributed by atoms with E-state index in [1.54, 1.807) is 4.90 Å². The zero-order chi connectivity index (χ0) is 19.2. The van der Waals surface area contributed by atoms with Crippen LogP contribution in [0.4, 0.5) is 16.2 Å². The maximum atomic E-state index is 12.2. The van der Waals surface area contributed by atoms with Gasteiger partial charge in [-0.15, -0.1) is 0 Å². The molecule has 1 fully saturated rings. The van der Waals surface area contributed by atoms with Crippen LogP contribution in [-0.2, 0) is 11.3 Å². The average Bonchev–Trinajstić information content (AvgIpc) is 3.19. The molecule has 1 saturated heterocycles. The molecule has 2 aromatic rings. The quantitative estimate of drug-likeness (QED) is 0.820. The summed E-state index contributed by atoms with van der Waals surface area (Å²) in [6, 6.07) is 18.1. The Balaban J connectivity index is 1.56. The minimum Gasteiger partial charge on any atom is -0.481 e. The Kier molecular flexibility index (Phi) is 5.96. The number of carbonyl (C=O) groups excluding carboxylic acids is 1. The minimum atomic E-state index is -0.834. The molecule has 1 unspecified atom stereocenters. The van der Waals surface area contributed by atoms with Gasteiger partial charge in [0.1, 0.15) is 0 Å². The fourth-order valence-electron chi connectivity index (χ4n) is 3.35. The van der Waals surface area contributed by atoms with Crippen LogP contribution in [0, 0.1) is 5.92 Å². The molecule has 2 N–H and O–H groups in total. The van der Waals surface area contributed by atoms with Crippen LogP contribution < -0.4 is 10.2 Å². The van der Waals surface area contributed by atoms with E-state index < -0.39 is 11.9 Å². The number of hydrogen-bond donors (Lipinski definition) is 2. The molecule has 2 aromatic carbocycles. The maximum Gasteiger partial charge on any atom is 0.317 e. The van der Waals surface area contributed by atoms with E-state index in [1.165, 1.54) is 0 Å². The number of carbonyl (C=O) groups is 2. The molecule has 0 radical (unpaired) electrons. The molecule has 6 heteroatoms. The van der Waals surface area contributed by atoms with Crippen LogP contribution in [0.2, 0.25) is 0 Å². The Morgan fingerprint density at radius 1 is 1.11 bits per heavy atom. The molecule has 0 spiro atoms. The number of carboxylic acids is 1. The number of urea groups is 1. The zero-order valence-corrected chi connectivity index (χ0v) is 15.5. The third-order valence-electron chi connectivity index (χ3n) is 4.90. The van der Waals surface area contributed by atoms with Crippen LogP contribution in [0.1, 0.15) is 18.9 Å². The normalized spacial score (nSPS) is 16.2. The number of para-hydroxylation sites is 1. The highest BCUT2D eigenvalue weighted by molar-refractivity contribution is 5.77. The van der Waals surface area contributed by atoms with Gasteiger partial charge in [0.15, 0.2) is 0 Å². The standard InChI is InChI=1S/C21H25N3O3/c1-2-24(18-6-4-3-5-7-18)19-10-8-16(9-11-19)14-22-21(27)23-13-12-17(15-23)20(25)26/h3-11,17H,2,12-15H2,1H3,(H,22,27)(H,25,26). The third kappa shape index (κ3) is 4.58. The van der Waals surface area contributed by atoms with Crippen molar-refractivity contribution in [2.24, 2.45) is 5.92 Å². The summed E-state index contributed by atoms with van der Waals surface area (Å²) in [6.07, 6.45) is 0.518. The maximum absolute atomic E-state index is 12.2. The second kappa shape index (κ2) is 8.58. The highest BCUT2D eigenvalue weighted by Crippen LogP contribution is 2.25. The van der Waals surface area contributed by atoms with Gasteiger partial charge in [-0.2, -0.15) is 0 Å². The number of amides is 2. The summed E-state index contributed by atoms with van der Waals surface area (Å²) in [5, 5.41) is 11.9. The Labute approximate surface area is 159 Å². The van der Waals surface area contributed by atoms with Gasteiger partial charge in [0, 0.05) is 37.6 Å². The van der Waals surface area contributed by atoms with E-state index in [0.29, 0.717) is 19.5 Å². The van der Waals surface area contributed by atoms with Gasteiger partial charge in [-0.3, -0.25) is 4.79 Å². The second-order valence-corrected chi connectivity index (χ2v) is 6.67. The van der Waals surface area contributed by atoms with Gasteiger partial charge in [0.05, 0.1) is 5.92 Å². The molecule has 2 amide bonds. The molecular weight excluding hydrogens is 342 g/mol. The summed E-state index contributed by atoms with van der Waals surface area (Å²) >= 11 is 0. The molecular formula is C21H25N3O3. The van der Waals surface area contributed by atoms with Gasteiger partial charge >= 0.3 is 12.0 Å². The Morgan fingerprint density at radius 3 is 2.37 bits per heavy atom. The monoisotopic (exact) mass is 367 g/mol. The molecule has 1 atom stereocenters. The summed E-state index contributed by atoms with van der Waals surface area (Å²) < 4.78 is 0. The van der Waals surface area contributed by atoms with Crippen molar-refractivity contribution in [1.29, 1.82) is 0 Å². The van der Waals surface area contributed by atoms with E-state index in [1.807, 2.05) is 42.5 Å². The van der Waals surface area contributed by atoms with E-state index in [-0.39, 0.29) is 12.6 Å². The van der Waals surface area contributed by atoms with Crippen molar-refractivity contribution < 1.29 is 14.7 Å². The summed E-state index contributed by atoms with van der Waals surface area (Å²) in [4.78, 5) is 27.0. The van der Waals surface area contributed by atoms with Crippen molar-refractivity contribution in [3.63, 3.8) is 0 Å². The topological polar surface area (TPSA) is 72.9 Å². The van der Waals surface area contributed by atoms with E-state index in [0.717, 1.165) is 23.5 Å². The van der Waals surface area contributed by atoms with Crippen LogP contribution in [0.3, 0.4) is 0 Å². The number of hydrogen-bond acceptors (Lipinski definition) is 3. The molecule has 0 bridgehead atoms.